The van der Waals surface area contributed by atoms with Gasteiger partial charge in [0.25, 0.3) is 5.56 Å². The van der Waals surface area contributed by atoms with Crippen LogP contribution in [0.2, 0.25) is 0 Å². The zero-order valence-corrected chi connectivity index (χ0v) is 16.2. The molecule has 4 rings (SSSR count). The monoisotopic (exact) mass is 374 g/mol. The summed E-state index contributed by atoms with van der Waals surface area (Å²) in [5.74, 6) is 1.39. The van der Waals surface area contributed by atoms with Gasteiger partial charge in [-0.1, -0.05) is 30.3 Å². The Morgan fingerprint density at radius 1 is 1.11 bits per heavy atom. The van der Waals surface area contributed by atoms with Crippen molar-refractivity contribution in [1.29, 1.82) is 0 Å². The number of aryl methyl sites for hydroxylation is 2. The molecule has 0 aliphatic rings. The second-order valence-corrected chi connectivity index (χ2v) is 6.82. The van der Waals surface area contributed by atoms with E-state index in [9.17, 15) is 4.79 Å². The molecule has 0 amide bonds. The summed E-state index contributed by atoms with van der Waals surface area (Å²) in [5.41, 5.74) is 4.69. The molecule has 0 unspecified atom stereocenters. The Bertz CT molecular complexity index is 1170. The Hall–Kier alpha value is -3.41. The largest absolute Gasteiger partial charge is 0.493 e. The Labute approximate surface area is 162 Å². The number of aromatic amines is 1. The minimum absolute atomic E-state index is 0.197. The van der Waals surface area contributed by atoms with Gasteiger partial charge in [-0.05, 0) is 49.6 Å². The standard InChI is InChI=1S/C22H22N4O2/c1-4-28-19-14(2)10-17(11-15(19)3)20-24-21-18(22(27)25-20)26(13-23-21)12-16-8-6-5-7-9-16/h5-11,13H,4,12H2,1-3H3,(H,24,25,27). The summed E-state index contributed by atoms with van der Waals surface area (Å²) in [6.45, 7) is 7.13. The number of nitrogens with one attached hydrogen (secondary N) is 1. The van der Waals surface area contributed by atoms with E-state index in [0.717, 1.165) is 28.0 Å². The van der Waals surface area contributed by atoms with Crippen molar-refractivity contribution in [3.63, 3.8) is 0 Å². The van der Waals surface area contributed by atoms with Crippen LogP contribution in [0.25, 0.3) is 22.6 Å². The number of hydrogen-bond donors (Lipinski definition) is 1. The van der Waals surface area contributed by atoms with E-state index in [2.05, 4.69) is 15.0 Å². The maximum absolute atomic E-state index is 12.8. The van der Waals surface area contributed by atoms with Crippen molar-refractivity contribution >= 4 is 11.2 Å². The molecule has 4 aromatic rings. The fourth-order valence-electron chi connectivity index (χ4n) is 3.48. The van der Waals surface area contributed by atoms with Gasteiger partial charge in [-0.3, -0.25) is 4.79 Å². The van der Waals surface area contributed by atoms with Crippen LogP contribution in [0.1, 0.15) is 23.6 Å². The van der Waals surface area contributed by atoms with Crippen molar-refractivity contribution in [3.05, 3.63) is 75.8 Å². The lowest BCUT2D eigenvalue weighted by Crippen LogP contribution is -2.14. The van der Waals surface area contributed by atoms with Gasteiger partial charge in [-0.2, -0.15) is 0 Å². The van der Waals surface area contributed by atoms with Crippen molar-refractivity contribution in [2.75, 3.05) is 6.61 Å². The van der Waals surface area contributed by atoms with Gasteiger partial charge in [0.05, 0.1) is 12.9 Å². The maximum atomic E-state index is 12.8. The fourth-order valence-corrected chi connectivity index (χ4v) is 3.48. The summed E-state index contributed by atoms with van der Waals surface area (Å²) >= 11 is 0. The van der Waals surface area contributed by atoms with E-state index >= 15 is 0 Å². The van der Waals surface area contributed by atoms with E-state index in [1.54, 1.807) is 6.33 Å². The predicted molar refractivity (Wildman–Crippen MR) is 110 cm³/mol. The molecular formula is C22H22N4O2. The van der Waals surface area contributed by atoms with Crippen LogP contribution < -0.4 is 10.3 Å². The van der Waals surface area contributed by atoms with Gasteiger partial charge in [-0.15, -0.1) is 0 Å². The second kappa shape index (κ2) is 7.31. The molecule has 0 fully saturated rings. The molecule has 6 heteroatoms. The highest BCUT2D eigenvalue weighted by Crippen LogP contribution is 2.28. The minimum Gasteiger partial charge on any atom is -0.493 e. The van der Waals surface area contributed by atoms with Gasteiger partial charge in [-0.25, -0.2) is 9.97 Å². The molecule has 0 atom stereocenters. The summed E-state index contributed by atoms with van der Waals surface area (Å²) in [4.78, 5) is 24.7. The molecule has 2 aromatic heterocycles. The quantitative estimate of drug-likeness (QED) is 0.576. The van der Waals surface area contributed by atoms with Gasteiger partial charge in [0.2, 0.25) is 0 Å². The Morgan fingerprint density at radius 2 is 1.82 bits per heavy atom. The van der Waals surface area contributed by atoms with Gasteiger partial charge >= 0.3 is 0 Å². The molecule has 0 aliphatic carbocycles. The Balaban J connectivity index is 1.76. The third-order valence-electron chi connectivity index (χ3n) is 4.70. The molecule has 0 radical (unpaired) electrons. The summed E-state index contributed by atoms with van der Waals surface area (Å²) in [5, 5.41) is 0. The molecule has 1 N–H and O–H groups in total. The lowest BCUT2D eigenvalue weighted by atomic mass is 10.1. The van der Waals surface area contributed by atoms with Crippen LogP contribution in [-0.4, -0.2) is 26.1 Å². The number of nitrogens with zero attached hydrogens (tertiary/aromatic N) is 3. The number of hydrogen-bond acceptors (Lipinski definition) is 4. The third-order valence-corrected chi connectivity index (χ3v) is 4.70. The normalized spacial score (nSPS) is 11.1. The van der Waals surface area contributed by atoms with E-state index in [4.69, 9.17) is 4.74 Å². The van der Waals surface area contributed by atoms with Crippen LogP contribution in [0.4, 0.5) is 0 Å². The second-order valence-electron chi connectivity index (χ2n) is 6.82. The first-order valence-corrected chi connectivity index (χ1v) is 9.30. The minimum atomic E-state index is -0.197. The first-order valence-electron chi connectivity index (χ1n) is 9.30. The predicted octanol–water partition coefficient (Wildman–Crippen LogP) is 3.85. The number of H-pyrrole nitrogens is 1. The van der Waals surface area contributed by atoms with Crippen LogP contribution in [0.5, 0.6) is 5.75 Å². The zero-order chi connectivity index (χ0) is 19.7. The summed E-state index contributed by atoms with van der Waals surface area (Å²) in [6.07, 6.45) is 1.67. The van der Waals surface area contributed by atoms with Crippen LogP contribution in [-0.2, 0) is 6.54 Å². The molecule has 28 heavy (non-hydrogen) atoms. The molecule has 0 saturated heterocycles. The molecule has 6 nitrogen and oxygen atoms in total. The van der Waals surface area contributed by atoms with Gasteiger partial charge in [0.1, 0.15) is 11.6 Å². The van der Waals surface area contributed by atoms with Gasteiger partial charge in [0.15, 0.2) is 11.2 Å². The number of rotatable bonds is 5. The maximum Gasteiger partial charge on any atom is 0.277 e. The summed E-state index contributed by atoms with van der Waals surface area (Å²) < 4.78 is 7.53. The topological polar surface area (TPSA) is 72.8 Å². The first kappa shape index (κ1) is 18.0. The molecule has 0 saturated carbocycles. The lowest BCUT2D eigenvalue weighted by molar-refractivity contribution is 0.335. The number of benzene rings is 2. The average Bonchev–Trinajstić information content (AvgIpc) is 3.08. The molecular weight excluding hydrogens is 352 g/mol. The van der Waals surface area contributed by atoms with Crippen LogP contribution >= 0.6 is 0 Å². The Kier molecular flexibility index (Phi) is 4.69. The van der Waals surface area contributed by atoms with Crippen LogP contribution in [0, 0.1) is 13.8 Å². The number of fused-ring (bicyclic) bond motifs is 1. The van der Waals surface area contributed by atoms with E-state index in [1.165, 1.54) is 0 Å². The number of ether oxygens (including phenoxy) is 1. The molecule has 142 valence electrons. The Morgan fingerprint density at radius 3 is 2.50 bits per heavy atom. The van der Waals surface area contributed by atoms with Gasteiger partial charge in [0, 0.05) is 12.1 Å². The SMILES string of the molecule is CCOc1c(C)cc(-c2nc3ncn(Cc4ccccc4)c3c(=O)[nH]2)cc1C. The van der Waals surface area contributed by atoms with Crippen molar-refractivity contribution in [1.82, 2.24) is 19.5 Å². The number of aromatic nitrogens is 4. The molecule has 0 bridgehead atoms. The lowest BCUT2D eigenvalue weighted by Gasteiger charge is -2.12. The highest BCUT2D eigenvalue weighted by atomic mass is 16.5. The van der Waals surface area contributed by atoms with E-state index in [-0.39, 0.29) is 5.56 Å². The first-order chi connectivity index (χ1) is 13.6. The van der Waals surface area contributed by atoms with Crippen molar-refractivity contribution in [2.24, 2.45) is 0 Å². The highest BCUT2D eigenvalue weighted by Gasteiger charge is 2.14. The van der Waals surface area contributed by atoms with E-state index < -0.39 is 0 Å². The average molecular weight is 374 g/mol. The molecule has 2 heterocycles. The fraction of sp³-hybridized carbons (Fsp3) is 0.227. The van der Waals surface area contributed by atoms with E-state index in [0.29, 0.717) is 30.1 Å². The third kappa shape index (κ3) is 3.29. The smallest absolute Gasteiger partial charge is 0.277 e. The number of imidazole rings is 1. The summed E-state index contributed by atoms with van der Waals surface area (Å²) in [6, 6.07) is 13.9. The van der Waals surface area contributed by atoms with Crippen molar-refractivity contribution in [3.8, 4) is 17.1 Å². The van der Waals surface area contributed by atoms with Crippen molar-refractivity contribution < 1.29 is 4.74 Å². The zero-order valence-electron chi connectivity index (χ0n) is 16.2. The molecule has 2 aromatic carbocycles. The van der Waals surface area contributed by atoms with Crippen molar-refractivity contribution in [2.45, 2.75) is 27.3 Å². The summed E-state index contributed by atoms with van der Waals surface area (Å²) in [7, 11) is 0. The molecule has 0 spiro atoms. The van der Waals surface area contributed by atoms with E-state index in [1.807, 2.05) is 67.8 Å². The highest BCUT2D eigenvalue weighted by molar-refractivity contribution is 5.73. The van der Waals surface area contributed by atoms with Gasteiger partial charge < -0.3 is 14.3 Å². The van der Waals surface area contributed by atoms with Crippen LogP contribution in [0.15, 0.2) is 53.6 Å². The molecule has 0 aliphatic heterocycles. The van der Waals surface area contributed by atoms with Crippen LogP contribution in [0.3, 0.4) is 0 Å².